The molecule has 1 atom stereocenters. The van der Waals surface area contributed by atoms with Crippen molar-refractivity contribution in [1.29, 1.82) is 0 Å². The maximum Gasteiger partial charge on any atom is 0.307 e. The molecule has 3 nitrogen and oxygen atoms in total. The largest absolute Gasteiger partial charge is 0.466 e. The maximum atomic E-state index is 11.7. The molecule has 0 saturated carbocycles. The standard InChI is InChI=1S/C17H27NO2/c1-6-18-15(11-17(19)20-7-2)10-16-13(4)8-12(3)9-14(16)5/h8-9,15,18H,6-7,10-11H2,1-5H3. The van der Waals surface area contributed by atoms with Crippen molar-refractivity contribution in [3.8, 4) is 0 Å². The molecule has 112 valence electrons. The van der Waals surface area contributed by atoms with Crippen molar-refractivity contribution in [3.05, 3.63) is 34.4 Å². The molecule has 0 aliphatic rings. The van der Waals surface area contributed by atoms with Gasteiger partial charge in [-0.25, -0.2) is 0 Å². The van der Waals surface area contributed by atoms with Crippen LogP contribution in [-0.2, 0) is 16.0 Å². The van der Waals surface area contributed by atoms with E-state index in [-0.39, 0.29) is 12.0 Å². The molecule has 1 aromatic carbocycles. The summed E-state index contributed by atoms with van der Waals surface area (Å²) in [5.41, 5.74) is 5.23. The second kappa shape index (κ2) is 8.05. The van der Waals surface area contributed by atoms with Crippen molar-refractivity contribution in [2.45, 2.75) is 53.5 Å². The van der Waals surface area contributed by atoms with Gasteiger partial charge in [0.1, 0.15) is 0 Å². The van der Waals surface area contributed by atoms with Crippen molar-refractivity contribution in [1.82, 2.24) is 5.32 Å². The fourth-order valence-electron chi connectivity index (χ4n) is 2.70. The van der Waals surface area contributed by atoms with Gasteiger partial charge >= 0.3 is 5.97 Å². The molecule has 1 aromatic rings. The Labute approximate surface area is 122 Å². The van der Waals surface area contributed by atoms with Crippen molar-refractivity contribution in [2.24, 2.45) is 0 Å². The molecule has 0 bridgehead atoms. The third-order valence-electron chi connectivity index (χ3n) is 3.50. The Morgan fingerprint density at radius 3 is 2.30 bits per heavy atom. The first-order valence-electron chi connectivity index (χ1n) is 7.43. The van der Waals surface area contributed by atoms with Crippen LogP contribution in [0.4, 0.5) is 0 Å². The molecule has 0 radical (unpaired) electrons. The SMILES string of the molecule is CCNC(CC(=O)OCC)Cc1c(C)cc(C)cc1C. The fourth-order valence-corrected chi connectivity index (χ4v) is 2.70. The van der Waals surface area contributed by atoms with Gasteiger partial charge in [0.25, 0.3) is 0 Å². The average molecular weight is 277 g/mol. The minimum absolute atomic E-state index is 0.124. The third-order valence-corrected chi connectivity index (χ3v) is 3.50. The molecule has 0 spiro atoms. The van der Waals surface area contributed by atoms with Crippen molar-refractivity contribution >= 4 is 5.97 Å². The van der Waals surface area contributed by atoms with Crippen LogP contribution in [-0.4, -0.2) is 25.2 Å². The first kappa shape index (κ1) is 16.7. The van der Waals surface area contributed by atoms with Crippen molar-refractivity contribution < 1.29 is 9.53 Å². The molecule has 20 heavy (non-hydrogen) atoms. The summed E-state index contributed by atoms with van der Waals surface area (Å²) < 4.78 is 5.06. The highest BCUT2D eigenvalue weighted by atomic mass is 16.5. The summed E-state index contributed by atoms with van der Waals surface area (Å²) in [6.45, 7) is 11.6. The minimum Gasteiger partial charge on any atom is -0.466 e. The number of carbonyl (C=O) groups is 1. The van der Waals surface area contributed by atoms with Gasteiger partial charge in [-0.2, -0.15) is 0 Å². The lowest BCUT2D eigenvalue weighted by Crippen LogP contribution is -2.34. The lowest BCUT2D eigenvalue weighted by atomic mass is 9.93. The Bertz CT molecular complexity index is 431. The van der Waals surface area contributed by atoms with Gasteiger partial charge in [0.15, 0.2) is 0 Å². The average Bonchev–Trinajstić information content (AvgIpc) is 2.34. The van der Waals surface area contributed by atoms with Gasteiger partial charge in [-0.05, 0) is 57.4 Å². The molecule has 0 saturated heterocycles. The summed E-state index contributed by atoms with van der Waals surface area (Å²) in [6, 6.07) is 4.55. The van der Waals surface area contributed by atoms with Crippen LogP contribution in [0.15, 0.2) is 12.1 Å². The summed E-state index contributed by atoms with van der Waals surface area (Å²) in [7, 11) is 0. The lowest BCUT2D eigenvalue weighted by Gasteiger charge is -2.20. The number of aryl methyl sites for hydroxylation is 3. The number of nitrogens with one attached hydrogen (secondary N) is 1. The molecular weight excluding hydrogens is 250 g/mol. The highest BCUT2D eigenvalue weighted by Gasteiger charge is 2.16. The second-order valence-electron chi connectivity index (χ2n) is 5.35. The lowest BCUT2D eigenvalue weighted by molar-refractivity contribution is -0.143. The van der Waals surface area contributed by atoms with Crippen LogP contribution < -0.4 is 5.32 Å². The predicted molar refractivity (Wildman–Crippen MR) is 83.1 cm³/mol. The van der Waals surface area contributed by atoms with Crippen LogP contribution in [0, 0.1) is 20.8 Å². The summed E-state index contributed by atoms with van der Waals surface area (Å²) in [6.07, 6.45) is 1.29. The summed E-state index contributed by atoms with van der Waals surface area (Å²) in [4.78, 5) is 11.7. The number of benzene rings is 1. The zero-order valence-corrected chi connectivity index (χ0v) is 13.4. The maximum absolute atomic E-state index is 11.7. The molecule has 0 heterocycles. The van der Waals surface area contributed by atoms with E-state index >= 15 is 0 Å². The Balaban J connectivity index is 2.82. The first-order valence-corrected chi connectivity index (χ1v) is 7.43. The molecule has 0 aromatic heterocycles. The number of hydrogen-bond acceptors (Lipinski definition) is 3. The van der Waals surface area contributed by atoms with E-state index in [2.05, 4.69) is 45.1 Å². The van der Waals surface area contributed by atoms with E-state index in [1.165, 1.54) is 22.3 Å². The predicted octanol–water partition coefficient (Wildman–Crippen LogP) is 3.09. The van der Waals surface area contributed by atoms with Crippen LogP contribution in [0.1, 0.15) is 42.5 Å². The number of ether oxygens (including phenoxy) is 1. The van der Waals surface area contributed by atoms with Gasteiger partial charge in [-0.1, -0.05) is 24.6 Å². The number of carbonyl (C=O) groups excluding carboxylic acids is 1. The van der Waals surface area contributed by atoms with E-state index in [1.807, 2.05) is 6.92 Å². The van der Waals surface area contributed by atoms with Crippen molar-refractivity contribution in [3.63, 3.8) is 0 Å². The molecule has 1 rings (SSSR count). The van der Waals surface area contributed by atoms with Crippen LogP contribution in [0.2, 0.25) is 0 Å². The fraction of sp³-hybridized carbons (Fsp3) is 0.588. The molecule has 0 fully saturated rings. The molecule has 1 unspecified atom stereocenters. The van der Waals surface area contributed by atoms with Gasteiger partial charge in [0, 0.05) is 6.04 Å². The van der Waals surface area contributed by atoms with E-state index < -0.39 is 0 Å². The van der Waals surface area contributed by atoms with Crippen LogP contribution in [0.3, 0.4) is 0 Å². The van der Waals surface area contributed by atoms with E-state index in [9.17, 15) is 4.79 Å². The topological polar surface area (TPSA) is 38.3 Å². The van der Waals surface area contributed by atoms with E-state index in [0.29, 0.717) is 13.0 Å². The molecule has 0 aliphatic carbocycles. The Morgan fingerprint density at radius 2 is 1.80 bits per heavy atom. The van der Waals surface area contributed by atoms with Gasteiger partial charge in [0.2, 0.25) is 0 Å². The number of hydrogen-bond donors (Lipinski definition) is 1. The van der Waals surface area contributed by atoms with Crippen molar-refractivity contribution in [2.75, 3.05) is 13.2 Å². The normalized spacial score (nSPS) is 12.2. The molecule has 0 aliphatic heterocycles. The van der Waals surface area contributed by atoms with Gasteiger partial charge in [0.05, 0.1) is 13.0 Å². The Hall–Kier alpha value is -1.35. The molecule has 3 heteroatoms. The highest BCUT2D eigenvalue weighted by molar-refractivity contribution is 5.70. The van der Waals surface area contributed by atoms with Gasteiger partial charge < -0.3 is 10.1 Å². The Morgan fingerprint density at radius 1 is 1.20 bits per heavy atom. The smallest absolute Gasteiger partial charge is 0.307 e. The van der Waals surface area contributed by atoms with Crippen LogP contribution in [0.5, 0.6) is 0 Å². The number of rotatable bonds is 7. The summed E-state index contributed by atoms with van der Waals surface area (Å²) in [5.74, 6) is -0.124. The summed E-state index contributed by atoms with van der Waals surface area (Å²) >= 11 is 0. The highest BCUT2D eigenvalue weighted by Crippen LogP contribution is 2.19. The van der Waals surface area contributed by atoms with E-state index in [4.69, 9.17) is 4.74 Å². The number of esters is 1. The molecular formula is C17H27NO2. The van der Waals surface area contributed by atoms with Gasteiger partial charge in [-0.3, -0.25) is 4.79 Å². The van der Waals surface area contributed by atoms with Crippen LogP contribution >= 0.6 is 0 Å². The third kappa shape index (κ3) is 4.97. The quantitative estimate of drug-likeness (QED) is 0.778. The first-order chi connectivity index (χ1) is 9.47. The molecule has 1 N–H and O–H groups in total. The summed E-state index contributed by atoms with van der Waals surface area (Å²) in [5, 5.41) is 3.39. The Kier molecular flexibility index (Phi) is 6.73. The van der Waals surface area contributed by atoms with Crippen LogP contribution in [0.25, 0.3) is 0 Å². The minimum atomic E-state index is -0.124. The molecule has 0 amide bonds. The zero-order valence-electron chi connectivity index (χ0n) is 13.4. The zero-order chi connectivity index (χ0) is 15.1. The van der Waals surface area contributed by atoms with E-state index in [0.717, 1.165) is 13.0 Å². The van der Waals surface area contributed by atoms with Gasteiger partial charge in [-0.15, -0.1) is 0 Å². The van der Waals surface area contributed by atoms with E-state index in [1.54, 1.807) is 0 Å². The monoisotopic (exact) mass is 277 g/mol. The second-order valence-corrected chi connectivity index (χ2v) is 5.35. The number of likely N-dealkylation sites (N-methyl/N-ethyl adjacent to an activating group) is 1.